The summed E-state index contributed by atoms with van der Waals surface area (Å²) in [4.78, 5) is 0. The zero-order valence-electron chi connectivity index (χ0n) is 12.9. The van der Waals surface area contributed by atoms with Gasteiger partial charge in [0.05, 0.1) is 6.10 Å². The second-order valence-electron chi connectivity index (χ2n) is 6.52. The Morgan fingerprint density at radius 2 is 1.95 bits per heavy atom. The highest BCUT2D eigenvalue weighted by Gasteiger charge is 2.33. The Morgan fingerprint density at radius 3 is 2.67 bits per heavy atom. The van der Waals surface area contributed by atoms with E-state index in [1.165, 1.54) is 37.7 Å². The molecule has 0 amide bonds. The molecular weight excluding hydrogens is 260 g/mol. The van der Waals surface area contributed by atoms with Crippen LogP contribution in [0, 0.1) is 0 Å². The van der Waals surface area contributed by atoms with Crippen LogP contribution in [0.4, 0.5) is 0 Å². The zero-order valence-corrected chi connectivity index (χ0v) is 12.9. The average molecular weight is 288 g/mol. The number of hydrogen-bond donors (Lipinski definition) is 2. The van der Waals surface area contributed by atoms with Gasteiger partial charge in [-0.25, -0.2) is 0 Å². The highest BCUT2D eigenvalue weighted by molar-refractivity contribution is 5.27. The molecule has 3 rings (SSSR count). The molecule has 0 aromatic heterocycles. The Balaban J connectivity index is 1.60. The molecule has 0 spiro atoms. The number of piperidine rings is 1. The Labute approximate surface area is 128 Å². The Morgan fingerprint density at radius 1 is 1.14 bits per heavy atom. The molecule has 1 aromatic rings. The highest BCUT2D eigenvalue weighted by Crippen LogP contribution is 2.32. The van der Waals surface area contributed by atoms with Crippen molar-refractivity contribution in [2.75, 3.05) is 32.8 Å². The average Bonchev–Trinajstić information content (AvgIpc) is 2.58. The number of nitrogens with one attached hydrogen (secondary N) is 2. The third kappa shape index (κ3) is 3.85. The van der Waals surface area contributed by atoms with Crippen molar-refractivity contribution in [3.63, 3.8) is 0 Å². The molecule has 116 valence electrons. The molecule has 2 fully saturated rings. The number of hydrogen-bond acceptors (Lipinski definition) is 3. The van der Waals surface area contributed by atoms with Crippen molar-refractivity contribution < 1.29 is 4.74 Å². The van der Waals surface area contributed by atoms with Crippen LogP contribution in [-0.4, -0.2) is 38.9 Å². The van der Waals surface area contributed by atoms with Crippen LogP contribution in [0.25, 0.3) is 0 Å². The largest absolute Gasteiger partial charge is 0.377 e. The fourth-order valence-electron chi connectivity index (χ4n) is 3.71. The predicted octanol–water partition coefficient (Wildman–Crippen LogP) is 2.47. The standard InChI is InChI=1S/C18H28N2O/c1-2-6-16(7-3-1)18(9-11-19-12-10-18)15-20-14-17-8-4-5-13-21-17/h1-3,6-7,17,19-20H,4-5,8-15H2. The van der Waals surface area contributed by atoms with E-state index in [9.17, 15) is 0 Å². The van der Waals surface area contributed by atoms with Crippen molar-refractivity contribution in [3.05, 3.63) is 35.9 Å². The maximum absolute atomic E-state index is 5.83. The van der Waals surface area contributed by atoms with Crippen molar-refractivity contribution in [2.24, 2.45) is 0 Å². The van der Waals surface area contributed by atoms with Gasteiger partial charge in [0.1, 0.15) is 0 Å². The predicted molar refractivity (Wildman–Crippen MR) is 86.7 cm³/mol. The Hall–Kier alpha value is -0.900. The van der Waals surface area contributed by atoms with Crippen LogP contribution in [0.15, 0.2) is 30.3 Å². The first-order valence-corrected chi connectivity index (χ1v) is 8.48. The minimum absolute atomic E-state index is 0.293. The molecule has 2 heterocycles. The number of ether oxygens (including phenoxy) is 1. The van der Waals surface area contributed by atoms with Gasteiger partial charge in [-0.1, -0.05) is 30.3 Å². The molecule has 0 saturated carbocycles. The smallest absolute Gasteiger partial charge is 0.0699 e. The summed E-state index contributed by atoms with van der Waals surface area (Å²) < 4.78 is 5.83. The van der Waals surface area contributed by atoms with E-state index >= 15 is 0 Å². The van der Waals surface area contributed by atoms with E-state index in [-0.39, 0.29) is 0 Å². The van der Waals surface area contributed by atoms with E-state index < -0.39 is 0 Å². The lowest BCUT2D eigenvalue weighted by Crippen LogP contribution is -2.48. The summed E-state index contributed by atoms with van der Waals surface area (Å²) in [5, 5.41) is 7.21. The summed E-state index contributed by atoms with van der Waals surface area (Å²) in [7, 11) is 0. The monoisotopic (exact) mass is 288 g/mol. The maximum atomic E-state index is 5.83. The summed E-state index contributed by atoms with van der Waals surface area (Å²) in [6, 6.07) is 11.0. The maximum Gasteiger partial charge on any atom is 0.0699 e. The fourth-order valence-corrected chi connectivity index (χ4v) is 3.71. The summed E-state index contributed by atoms with van der Waals surface area (Å²) in [5.41, 5.74) is 1.78. The van der Waals surface area contributed by atoms with Crippen molar-refractivity contribution in [1.29, 1.82) is 0 Å². The van der Waals surface area contributed by atoms with Gasteiger partial charge in [-0.3, -0.25) is 0 Å². The van der Waals surface area contributed by atoms with Gasteiger partial charge in [0.2, 0.25) is 0 Å². The van der Waals surface area contributed by atoms with Gasteiger partial charge in [0.25, 0.3) is 0 Å². The number of rotatable bonds is 5. The molecule has 3 heteroatoms. The first kappa shape index (κ1) is 15.0. The van der Waals surface area contributed by atoms with E-state index in [0.717, 1.165) is 32.8 Å². The van der Waals surface area contributed by atoms with Crippen LogP contribution in [0.5, 0.6) is 0 Å². The van der Waals surface area contributed by atoms with E-state index in [1.54, 1.807) is 0 Å². The lowest BCUT2D eigenvalue weighted by atomic mass is 9.73. The molecule has 1 aromatic carbocycles. The van der Waals surface area contributed by atoms with Gasteiger partial charge in [0, 0.05) is 25.1 Å². The third-order valence-corrected chi connectivity index (χ3v) is 5.06. The first-order chi connectivity index (χ1) is 10.4. The highest BCUT2D eigenvalue weighted by atomic mass is 16.5. The normalized spacial score (nSPS) is 25.6. The lowest BCUT2D eigenvalue weighted by Gasteiger charge is -2.39. The second kappa shape index (κ2) is 7.39. The van der Waals surface area contributed by atoms with Gasteiger partial charge in [-0.05, 0) is 50.8 Å². The molecular formula is C18H28N2O. The van der Waals surface area contributed by atoms with Crippen molar-refractivity contribution in [3.8, 4) is 0 Å². The van der Waals surface area contributed by atoms with Gasteiger partial charge in [-0.2, -0.15) is 0 Å². The van der Waals surface area contributed by atoms with Crippen LogP contribution >= 0.6 is 0 Å². The van der Waals surface area contributed by atoms with Gasteiger partial charge < -0.3 is 15.4 Å². The number of benzene rings is 1. The van der Waals surface area contributed by atoms with Gasteiger partial charge in [-0.15, -0.1) is 0 Å². The van der Waals surface area contributed by atoms with Gasteiger partial charge in [0.15, 0.2) is 0 Å². The van der Waals surface area contributed by atoms with Crippen molar-refractivity contribution in [2.45, 2.75) is 43.6 Å². The molecule has 0 radical (unpaired) electrons. The lowest BCUT2D eigenvalue weighted by molar-refractivity contribution is 0.0159. The molecule has 2 aliphatic heterocycles. The van der Waals surface area contributed by atoms with E-state index in [1.807, 2.05) is 0 Å². The molecule has 1 unspecified atom stereocenters. The minimum Gasteiger partial charge on any atom is -0.377 e. The Kier molecular flexibility index (Phi) is 5.28. The third-order valence-electron chi connectivity index (χ3n) is 5.06. The fraction of sp³-hybridized carbons (Fsp3) is 0.667. The van der Waals surface area contributed by atoms with Gasteiger partial charge >= 0.3 is 0 Å². The first-order valence-electron chi connectivity index (χ1n) is 8.48. The topological polar surface area (TPSA) is 33.3 Å². The van der Waals surface area contributed by atoms with Crippen LogP contribution in [-0.2, 0) is 10.2 Å². The van der Waals surface area contributed by atoms with Crippen molar-refractivity contribution in [1.82, 2.24) is 10.6 Å². The summed E-state index contributed by atoms with van der Waals surface area (Å²) >= 11 is 0. The molecule has 2 N–H and O–H groups in total. The summed E-state index contributed by atoms with van der Waals surface area (Å²) in [5.74, 6) is 0. The second-order valence-corrected chi connectivity index (χ2v) is 6.52. The van der Waals surface area contributed by atoms with Crippen molar-refractivity contribution >= 4 is 0 Å². The molecule has 3 nitrogen and oxygen atoms in total. The molecule has 21 heavy (non-hydrogen) atoms. The Bertz CT molecular complexity index is 408. The van der Waals surface area contributed by atoms with Crippen LogP contribution in [0.2, 0.25) is 0 Å². The SMILES string of the molecule is c1ccc(C2(CNCC3CCCCO3)CCNCC2)cc1. The van der Waals surface area contributed by atoms with Crippen LogP contribution in [0.1, 0.15) is 37.7 Å². The van der Waals surface area contributed by atoms with E-state index in [4.69, 9.17) is 4.74 Å². The summed E-state index contributed by atoms with van der Waals surface area (Å²) in [6.07, 6.45) is 6.63. The van der Waals surface area contributed by atoms with Crippen LogP contribution < -0.4 is 10.6 Å². The van der Waals surface area contributed by atoms with E-state index in [0.29, 0.717) is 11.5 Å². The quantitative estimate of drug-likeness (QED) is 0.873. The molecule has 1 atom stereocenters. The zero-order chi connectivity index (χ0) is 14.4. The summed E-state index contributed by atoms with van der Waals surface area (Å²) in [6.45, 7) is 5.26. The van der Waals surface area contributed by atoms with E-state index in [2.05, 4.69) is 41.0 Å². The van der Waals surface area contributed by atoms with Crippen LogP contribution in [0.3, 0.4) is 0 Å². The molecule has 0 aliphatic carbocycles. The molecule has 2 aliphatic rings. The molecule has 2 saturated heterocycles. The molecule has 0 bridgehead atoms. The minimum atomic E-state index is 0.293.